The standard InChI is InChI=1S/C20H20N2O4/c1-3-4-9-24-15-8-6-5-7-13(15)17-14(11-21)19(22)26-16-10-12(2)25-20(23)18(16)17/h5-8,10,17H,3-4,9,22H2,1-2H3. The molecule has 3 rings (SSSR count). The van der Waals surface area contributed by atoms with Crippen molar-refractivity contribution in [1.82, 2.24) is 0 Å². The van der Waals surface area contributed by atoms with Crippen LogP contribution in [0.15, 0.2) is 51.0 Å². The van der Waals surface area contributed by atoms with Crippen LogP contribution >= 0.6 is 0 Å². The van der Waals surface area contributed by atoms with Crippen molar-refractivity contribution in [3.05, 3.63) is 69.1 Å². The Labute approximate surface area is 151 Å². The van der Waals surface area contributed by atoms with Crippen LogP contribution in [0.5, 0.6) is 11.5 Å². The quantitative estimate of drug-likeness (QED) is 0.829. The maximum absolute atomic E-state index is 12.5. The van der Waals surface area contributed by atoms with Gasteiger partial charge in [-0.1, -0.05) is 31.5 Å². The van der Waals surface area contributed by atoms with Gasteiger partial charge in [-0.25, -0.2) is 4.79 Å². The van der Waals surface area contributed by atoms with Crippen molar-refractivity contribution >= 4 is 0 Å². The van der Waals surface area contributed by atoms with Gasteiger partial charge in [0.25, 0.3) is 0 Å². The van der Waals surface area contributed by atoms with Crippen LogP contribution in [0.25, 0.3) is 0 Å². The van der Waals surface area contributed by atoms with E-state index in [9.17, 15) is 10.1 Å². The zero-order valence-corrected chi connectivity index (χ0v) is 14.7. The van der Waals surface area contributed by atoms with E-state index in [0.717, 1.165) is 12.8 Å². The van der Waals surface area contributed by atoms with E-state index in [0.29, 0.717) is 29.4 Å². The molecule has 1 aromatic carbocycles. The molecule has 2 N–H and O–H groups in total. The van der Waals surface area contributed by atoms with E-state index in [1.807, 2.05) is 24.3 Å². The fraction of sp³-hybridized carbons (Fsp3) is 0.300. The van der Waals surface area contributed by atoms with Crippen LogP contribution in [0, 0.1) is 18.3 Å². The average molecular weight is 352 g/mol. The second-order valence-electron chi connectivity index (χ2n) is 6.09. The zero-order valence-electron chi connectivity index (χ0n) is 14.7. The number of ether oxygens (including phenoxy) is 2. The van der Waals surface area contributed by atoms with Crippen LogP contribution in [0.4, 0.5) is 0 Å². The molecule has 0 bridgehead atoms. The molecular formula is C20H20N2O4. The van der Waals surface area contributed by atoms with E-state index in [1.165, 1.54) is 0 Å². The number of hydrogen-bond acceptors (Lipinski definition) is 6. The lowest BCUT2D eigenvalue weighted by Crippen LogP contribution is -2.26. The summed E-state index contributed by atoms with van der Waals surface area (Å²) in [6.45, 7) is 4.28. The number of aryl methyl sites for hydroxylation is 1. The summed E-state index contributed by atoms with van der Waals surface area (Å²) >= 11 is 0. The summed E-state index contributed by atoms with van der Waals surface area (Å²) in [5, 5.41) is 9.63. The van der Waals surface area contributed by atoms with Crippen LogP contribution in [-0.2, 0) is 0 Å². The maximum Gasteiger partial charge on any atom is 0.343 e. The number of hydrogen-bond donors (Lipinski definition) is 1. The van der Waals surface area contributed by atoms with Gasteiger partial charge in [-0.2, -0.15) is 5.26 Å². The molecule has 1 aliphatic heterocycles. The van der Waals surface area contributed by atoms with Crippen LogP contribution in [-0.4, -0.2) is 6.61 Å². The molecule has 0 spiro atoms. The van der Waals surface area contributed by atoms with Gasteiger partial charge >= 0.3 is 5.63 Å². The molecular weight excluding hydrogens is 332 g/mol. The van der Waals surface area contributed by atoms with Gasteiger partial charge in [-0.05, 0) is 19.4 Å². The van der Waals surface area contributed by atoms with Crippen molar-refractivity contribution in [3.63, 3.8) is 0 Å². The van der Waals surface area contributed by atoms with E-state index in [-0.39, 0.29) is 17.0 Å². The summed E-state index contributed by atoms with van der Waals surface area (Å²) < 4.78 is 16.7. The van der Waals surface area contributed by atoms with Crippen LogP contribution in [0.1, 0.15) is 42.6 Å². The highest BCUT2D eigenvalue weighted by molar-refractivity contribution is 5.57. The Balaban J connectivity index is 2.18. The first-order valence-electron chi connectivity index (χ1n) is 8.50. The van der Waals surface area contributed by atoms with E-state index >= 15 is 0 Å². The van der Waals surface area contributed by atoms with E-state index in [1.54, 1.807) is 13.0 Å². The molecule has 1 atom stereocenters. The van der Waals surface area contributed by atoms with E-state index in [2.05, 4.69) is 13.0 Å². The fourth-order valence-electron chi connectivity index (χ4n) is 3.01. The lowest BCUT2D eigenvalue weighted by Gasteiger charge is -2.26. The first-order valence-corrected chi connectivity index (χ1v) is 8.50. The van der Waals surface area contributed by atoms with Gasteiger partial charge < -0.3 is 19.6 Å². The molecule has 0 saturated heterocycles. The van der Waals surface area contributed by atoms with Crippen molar-refractivity contribution in [2.45, 2.75) is 32.6 Å². The van der Waals surface area contributed by atoms with Crippen molar-refractivity contribution in [2.24, 2.45) is 5.73 Å². The molecule has 0 radical (unpaired) electrons. The first kappa shape index (κ1) is 17.6. The molecule has 1 aliphatic rings. The van der Waals surface area contributed by atoms with Gasteiger partial charge in [-0.15, -0.1) is 0 Å². The fourth-order valence-corrected chi connectivity index (χ4v) is 3.01. The predicted octanol–water partition coefficient (Wildman–Crippen LogP) is 3.35. The third kappa shape index (κ3) is 3.16. The van der Waals surface area contributed by atoms with Crippen molar-refractivity contribution in [2.75, 3.05) is 6.61 Å². The molecule has 6 heteroatoms. The summed E-state index contributed by atoms with van der Waals surface area (Å²) in [7, 11) is 0. The predicted molar refractivity (Wildman–Crippen MR) is 95.9 cm³/mol. The highest BCUT2D eigenvalue weighted by atomic mass is 16.5. The number of benzene rings is 1. The molecule has 0 fully saturated rings. The minimum Gasteiger partial charge on any atom is -0.493 e. The van der Waals surface area contributed by atoms with Crippen molar-refractivity contribution < 1.29 is 13.9 Å². The molecule has 6 nitrogen and oxygen atoms in total. The number of rotatable bonds is 5. The molecule has 26 heavy (non-hydrogen) atoms. The van der Waals surface area contributed by atoms with E-state index in [4.69, 9.17) is 19.6 Å². The second kappa shape index (κ2) is 7.36. The lowest BCUT2D eigenvalue weighted by atomic mass is 9.84. The highest BCUT2D eigenvalue weighted by Crippen LogP contribution is 2.43. The molecule has 0 amide bonds. The van der Waals surface area contributed by atoms with Gasteiger partial charge in [0.15, 0.2) is 0 Å². The zero-order chi connectivity index (χ0) is 18.7. The van der Waals surface area contributed by atoms with Gasteiger partial charge in [-0.3, -0.25) is 0 Å². The summed E-state index contributed by atoms with van der Waals surface area (Å²) in [6, 6.07) is 11.0. The van der Waals surface area contributed by atoms with Crippen molar-refractivity contribution in [3.8, 4) is 17.6 Å². The monoisotopic (exact) mass is 352 g/mol. The Morgan fingerprint density at radius 3 is 2.85 bits per heavy atom. The van der Waals surface area contributed by atoms with Crippen LogP contribution < -0.4 is 20.8 Å². The number of para-hydroxylation sites is 1. The second-order valence-corrected chi connectivity index (χ2v) is 6.09. The topological polar surface area (TPSA) is 98.5 Å². The van der Waals surface area contributed by atoms with Crippen LogP contribution in [0.3, 0.4) is 0 Å². The number of nitrogens with two attached hydrogens (primary N) is 1. The van der Waals surface area contributed by atoms with Crippen molar-refractivity contribution in [1.29, 1.82) is 5.26 Å². The number of unbranched alkanes of at least 4 members (excludes halogenated alkanes) is 1. The lowest BCUT2D eigenvalue weighted by molar-refractivity contribution is 0.304. The smallest absolute Gasteiger partial charge is 0.343 e. The number of fused-ring (bicyclic) bond motifs is 1. The summed E-state index contributed by atoms with van der Waals surface area (Å²) in [6.07, 6.45) is 1.91. The van der Waals surface area contributed by atoms with Gasteiger partial charge in [0.05, 0.1) is 18.1 Å². The molecule has 0 aliphatic carbocycles. The Kier molecular flexibility index (Phi) is 4.99. The Morgan fingerprint density at radius 1 is 1.35 bits per heavy atom. The Bertz CT molecular complexity index is 953. The minimum atomic E-state index is -0.696. The summed E-state index contributed by atoms with van der Waals surface area (Å²) in [4.78, 5) is 12.5. The minimum absolute atomic E-state index is 0.0154. The number of nitriles is 1. The molecule has 1 unspecified atom stereocenters. The molecule has 134 valence electrons. The summed E-state index contributed by atoms with van der Waals surface area (Å²) in [5.41, 5.74) is 6.53. The Hall–Kier alpha value is -3.20. The Morgan fingerprint density at radius 2 is 2.12 bits per heavy atom. The average Bonchev–Trinajstić information content (AvgIpc) is 2.61. The largest absolute Gasteiger partial charge is 0.493 e. The van der Waals surface area contributed by atoms with Crippen LogP contribution in [0.2, 0.25) is 0 Å². The third-order valence-corrected chi connectivity index (χ3v) is 4.24. The normalized spacial score (nSPS) is 15.8. The molecule has 0 saturated carbocycles. The molecule has 1 aromatic heterocycles. The molecule has 2 aromatic rings. The maximum atomic E-state index is 12.5. The van der Waals surface area contributed by atoms with Gasteiger partial charge in [0, 0.05) is 11.6 Å². The SMILES string of the molecule is CCCCOc1ccccc1C1C(C#N)=C(N)Oc2cc(C)oc(=O)c21. The number of allylic oxidation sites excluding steroid dienone is 1. The third-order valence-electron chi connectivity index (χ3n) is 4.24. The number of nitrogens with zero attached hydrogens (tertiary/aromatic N) is 1. The van der Waals surface area contributed by atoms with Gasteiger partial charge in [0.1, 0.15) is 28.9 Å². The van der Waals surface area contributed by atoms with E-state index < -0.39 is 11.5 Å². The highest BCUT2D eigenvalue weighted by Gasteiger charge is 2.35. The first-order chi connectivity index (χ1) is 12.6. The molecule has 2 heterocycles. The summed E-state index contributed by atoms with van der Waals surface area (Å²) in [5.74, 6) is 0.618. The van der Waals surface area contributed by atoms with Gasteiger partial charge in [0.2, 0.25) is 5.88 Å².